The van der Waals surface area contributed by atoms with Crippen LogP contribution in [0.4, 0.5) is 0 Å². The number of fused-ring (bicyclic) bond motifs is 3. The number of ether oxygens (including phenoxy) is 1. The van der Waals surface area contributed by atoms with Crippen LogP contribution >= 0.6 is 0 Å². The second kappa shape index (κ2) is 4.31. The van der Waals surface area contributed by atoms with Crippen molar-refractivity contribution in [2.24, 2.45) is 0 Å². The van der Waals surface area contributed by atoms with Crippen LogP contribution in [0.15, 0.2) is 49.0 Å². The number of hydrogen-bond donors (Lipinski definition) is 0. The molecule has 0 aliphatic heterocycles. The van der Waals surface area contributed by atoms with Crippen molar-refractivity contribution >= 4 is 28.0 Å². The van der Waals surface area contributed by atoms with Gasteiger partial charge in [0.15, 0.2) is 0 Å². The smallest absolute Gasteiger partial charge is 0.0719 e. The summed E-state index contributed by atoms with van der Waals surface area (Å²) in [5.41, 5.74) is 3.58. The van der Waals surface area contributed by atoms with E-state index < -0.39 is 0 Å². The van der Waals surface area contributed by atoms with E-state index in [-0.39, 0.29) is 0 Å². The van der Waals surface area contributed by atoms with Crippen molar-refractivity contribution in [1.82, 2.24) is 4.57 Å². The molecule has 2 aromatic carbocycles. The Labute approximate surface area is 106 Å². The molecule has 0 saturated heterocycles. The third-order valence-corrected chi connectivity index (χ3v) is 3.30. The Bertz CT molecular complexity index is 724. The fraction of sp³-hybridized carbons (Fsp3) is 0.125. The zero-order valence-corrected chi connectivity index (χ0v) is 10.4. The van der Waals surface area contributed by atoms with Crippen LogP contribution in [0.5, 0.6) is 0 Å². The van der Waals surface area contributed by atoms with Gasteiger partial charge in [-0.05, 0) is 17.7 Å². The topological polar surface area (TPSA) is 14.2 Å². The van der Waals surface area contributed by atoms with E-state index in [1.807, 2.05) is 6.20 Å². The van der Waals surface area contributed by atoms with Crippen molar-refractivity contribution in [3.05, 3.63) is 54.6 Å². The molecule has 0 radical (unpaired) electrons. The van der Waals surface area contributed by atoms with Gasteiger partial charge in [-0.15, -0.1) is 0 Å². The molecule has 3 rings (SSSR count). The van der Waals surface area contributed by atoms with Crippen molar-refractivity contribution < 1.29 is 4.74 Å². The molecular weight excluding hydrogens is 222 g/mol. The molecular formula is C16H15NO. The summed E-state index contributed by atoms with van der Waals surface area (Å²) in [6.07, 6.45) is 1.86. The third-order valence-electron chi connectivity index (χ3n) is 3.30. The lowest BCUT2D eigenvalue weighted by molar-refractivity contribution is 0.186. The minimum Gasteiger partial charge on any atom is -0.380 e. The number of para-hydroxylation sites is 1. The second-order valence-electron chi connectivity index (χ2n) is 4.31. The molecule has 2 nitrogen and oxygen atoms in total. The number of aromatic nitrogens is 1. The largest absolute Gasteiger partial charge is 0.380 e. The fourth-order valence-electron chi connectivity index (χ4n) is 2.60. The van der Waals surface area contributed by atoms with Gasteiger partial charge >= 0.3 is 0 Å². The molecule has 0 fully saturated rings. The predicted octanol–water partition coefficient (Wildman–Crippen LogP) is 4.04. The van der Waals surface area contributed by atoms with E-state index in [2.05, 4.69) is 53.6 Å². The molecule has 0 amide bonds. The van der Waals surface area contributed by atoms with Crippen LogP contribution in [0.3, 0.4) is 0 Å². The number of methoxy groups -OCH3 is 1. The maximum Gasteiger partial charge on any atom is 0.0719 e. The zero-order valence-electron chi connectivity index (χ0n) is 10.4. The summed E-state index contributed by atoms with van der Waals surface area (Å²) in [6.45, 7) is 4.54. The second-order valence-corrected chi connectivity index (χ2v) is 4.31. The first-order chi connectivity index (χ1) is 8.86. The number of benzene rings is 2. The minimum atomic E-state index is 0.627. The van der Waals surface area contributed by atoms with Crippen LogP contribution in [-0.4, -0.2) is 11.7 Å². The van der Waals surface area contributed by atoms with Crippen molar-refractivity contribution in [1.29, 1.82) is 0 Å². The van der Waals surface area contributed by atoms with Gasteiger partial charge in [0.1, 0.15) is 0 Å². The minimum absolute atomic E-state index is 0.627. The lowest BCUT2D eigenvalue weighted by atomic mass is 10.1. The summed E-state index contributed by atoms with van der Waals surface area (Å²) in [6, 6.07) is 14.7. The summed E-state index contributed by atoms with van der Waals surface area (Å²) in [5.74, 6) is 0. The van der Waals surface area contributed by atoms with Gasteiger partial charge in [0.25, 0.3) is 0 Å². The quantitative estimate of drug-likeness (QED) is 0.670. The molecule has 90 valence electrons. The monoisotopic (exact) mass is 237 g/mol. The number of nitrogens with zero attached hydrogens (tertiary/aromatic N) is 1. The van der Waals surface area contributed by atoms with Crippen molar-refractivity contribution in [2.75, 3.05) is 7.11 Å². The van der Waals surface area contributed by atoms with Gasteiger partial charge in [-0.2, -0.15) is 0 Å². The van der Waals surface area contributed by atoms with Crippen LogP contribution in [0.1, 0.15) is 5.56 Å². The normalized spacial score (nSPS) is 11.2. The van der Waals surface area contributed by atoms with Crippen LogP contribution in [0, 0.1) is 0 Å². The Hall–Kier alpha value is -2.06. The molecule has 0 spiro atoms. The molecule has 3 aromatic rings. The van der Waals surface area contributed by atoms with Crippen molar-refractivity contribution in [3.8, 4) is 0 Å². The van der Waals surface area contributed by atoms with E-state index in [0.29, 0.717) is 6.61 Å². The standard InChI is InChI=1S/C16H15NO/c1-3-17-14-9-5-4-8-13(14)16-12(11-18-2)7-6-10-15(16)17/h3-10H,1,11H2,2H3. The highest BCUT2D eigenvalue weighted by Crippen LogP contribution is 2.31. The first-order valence-electron chi connectivity index (χ1n) is 5.99. The first kappa shape index (κ1) is 11.1. The highest BCUT2D eigenvalue weighted by molar-refractivity contribution is 6.10. The fourth-order valence-corrected chi connectivity index (χ4v) is 2.60. The molecule has 0 unspecified atom stereocenters. The highest BCUT2D eigenvalue weighted by atomic mass is 16.5. The molecule has 0 bridgehead atoms. The van der Waals surface area contributed by atoms with Gasteiger partial charge in [-0.25, -0.2) is 0 Å². The maximum absolute atomic E-state index is 5.29. The molecule has 2 heteroatoms. The first-order valence-corrected chi connectivity index (χ1v) is 5.99. The molecule has 0 aliphatic carbocycles. The van der Waals surface area contributed by atoms with Gasteiger partial charge in [0.05, 0.1) is 17.6 Å². The Balaban J connectivity index is 2.52. The summed E-state index contributed by atoms with van der Waals surface area (Å²) in [5, 5.41) is 2.51. The van der Waals surface area contributed by atoms with Gasteiger partial charge in [0, 0.05) is 24.1 Å². The summed E-state index contributed by atoms with van der Waals surface area (Å²) < 4.78 is 7.42. The van der Waals surface area contributed by atoms with Crippen molar-refractivity contribution in [3.63, 3.8) is 0 Å². The molecule has 0 N–H and O–H groups in total. The van der Waals surface area contributed by atoms with E-state index >= 15 is 0 Å². The Morgan fingerprint density at radius 2 is 1.89 bits per heavy atom. The van der Waals surface area contributed by atoms with Crippen LogP contribution in [0.2, 0.25) is 0 Å². The van der Waals surface area contributed by atoms with Crippen molar-refractivity contribution in [2.45, 2.75) is 6.61 Å². The zero-order chi connectivity index (χ0) is 12.5. The van der Waals surface area contributed by atoms with E-state index in [4.69, 9.17) is 4.74 Å². The van der Waals surface area contributed by atoms with Gasteiger partial charge in [0.2, 0.25) is 0 Å². The van der Waals surface area contributed by atoms with E-state index in [1.165, 1.54) is 27.4 Å². The third kappa shape index (κ3) is 1.46. The SMILES string of the molecule is C=Cn1c2ccccc2c2c(COC)cccc21. The van der Waals surface area contributed by atoms with Gasteiger partial charge in [-0.1, -0.05) is 36.9 Å². The Morgan fingerprint density at radius 3 is 2.67 bits per heavy atom. The van der Waals surface area contributed by atoms with E-state index in [9.17, 15) is 0 Å². The molecule has 0 saturated carbocycles. The molecule has 18 heavy (non-hydrogen) atoms. The van der Waals surface area contributed by atoms with E-state index in [0.717, 1.165) is 0 Å². The average Bonchev–Trinajstić information content (AvgIpc) is 2.74. The Kier molecular flexibility index (Phi) is 2.65. The highest BCUT2D eigenvalue weighted by Gasteiger charge is 2.11. The molecule has 0 atom stereocenters. The van der Waals surface area contributed by atoms with Gasteiger partial charge < -0.3 is 9.30 Å². The number of hydrogen-bond acceptors (Lipinski definition) is 1. The Morgan fingerprint density at radius 1 is 1.11 bits per heavy atom. The summed E-state index contributed by atoms with van der Waals surface area (Å²) in [4.78, 5) is 0. The van der Waals surface area contributed by atoms with E-state index in [1.54, 1.807) is 7.11 Å². The summed E-state index contributed by atoms with van der Waals surface area (Å²) in [7, 11) is 1.73. The lowest BCUT2D eigenvalue weighted by Crippen LogP contribution is -1.89. The average molecular weight is 237 g/mol. The lowest BCUT2D eigenvalue weighted by Gasteiger charge is -2.03. The molecule has 0 aliphatic rings. The summed E-state index contributed by atoms with van der Waals surface area (Å²) >= 11 is 0. The molecule has 1 heterocycles. The van der Waals surface area contributed by atoms with Gasteiger partial charge in [-0.3, -0.25) is 0 Å². The molecule has 1 aromatic heterocycles. The van der Waals surface area contributed by atoms with Crippen LogP contribution < -0.4 is 0 Å². The predicted molar refractivity (Wildman–Crippen MR) is 76.5 cm³/mol. The van der Waals surface area contributed by atoms with Crippen LogP contribution in [-0.2, 0) is 11.3 Å². The van der Waals surface area contributed by atoms with Crippen LogP contribution in [0.25, 0.3) is 28.0 Å². The maximum atomic E-state index is 5.29. The number of rotatable bonds is 3.